The van der Waals surface area contributed by atoms with Gasteiger partial charge in [-0.1, -0.05) is 81.2 Å². The first-order valence-corrected chi connectivity index (χ1v) is 12.1. The summed E-state index contributed by atoms with van der Waals surface area (Å²) in [6, 6.07) is 16.8. The summed E-state index contributed by atoms with van der Waals surface area (Å²) in [6.45, 7) is 8.09. The Bertz CT molecular complexity index is 1250. The van der Waals surface area contributed by atoms with Gasteiger partial charge in [-0.15, -0.1) is 0 Å². The van der Waals surface area contributed by atoms with Crippen molar-refractivity contribution < 1.29 is 4.79 Å². The van der Waals surface area contributed by atoms with Crippen LogP contribution in [-0.2, 0) is 0 Å². The van der Waals surface area contributed by atoms with Crippen molar-refractivity contribution >= 4 is 34.8 Å². The van der Waals surface area contributed by atoms with E-state index in [9.17, 15) is 4.79 Å². The van der Waals surface area contributed by atoms with Gasteiger partial charge in [0, 0.05) is 17.4 Å². The van der Waals surface area contributed by atoms with E-state index < -0.39 is 0 Å². The highest BCUT2D eigenvalue weighted by molar-refractivity contribution is 6.35. The zero-order valence-electron chi connectivity index (χ0n) is 19.7. The molecule has 2 heterocycles. The van der Waals surface area contributed by atoms with Gasteiger partial charge in [0.15, 0.2) is 0 Å². The topological polar surface area (TPSA) is 70.7 Å². The minimum absolute atomic E-state index is 0.162. The van der Waals surface area contributed by atoms with Gasteiger partial charge in [-0.3, -0.25) is 9.78 Å². The van der Waals surface area contributed by atoms with Crippen molar-refractivity contribution in [3.63, 3.8) is 0 Å². The highest BCUT2D eigenvalue weighted by atomic mass is 35.5. The second kappa shape index (κ2) is 11.8. The molecule has 176 valence electrons. The van der Waals surface area contributed by atoms with Crippen LogP contribution in [0.2, 0.25) is 10.0 Å². The van der Waals surface area contributed by atoms with Crippen LogP contribution >= 0.6 is 23.2 Å². The van der Waals surface area contributed by atoms with Crippen molar-refractivity contribution in [2.24, 2.45) is 0 Å². The van der Waals surface area contributed by atoms with Crippen molar-refractivity contribution in [3.05, 3.63) is 88.3 Å². The number of rotatable bonds is 6. The van der Waals surface area contributed by atoms with Gasteiger partial charge in [-0.05, 0) is 42.2 Å². The summed E-state index contributed by atoms with van der Waals surface area (Å²) in [7, 11) is 0. The Morgan fingerprint density at radius 2 is 1.79 bits per heavy atom. The normalized spacial score (nSPS) is 11.4. The second-order valence-corrected chi connectivity index (χ2v) is 8.31. The maximum Gasteiger partial charge on any atom is 0.257 e. The maximum absolute atomic E-state index is 12.9. The number of H-pyrrole nitrogens is 1. The van der Waals surface area contributed by atoms with E-state index in [1.807, 2.05) is 51.1 Å². The molecule has 0 bridgehead atoms. The first-order valence-electron chi connectivity index (χ1n) is 11.3. The standard InChI is InChI=1S/C25H22Cl2N4O.C2H6/c1-3-15(2)23-22(27)18(11-12-28-23)25(32)30-17-9-10-20(26)19(13-17)24-29-14-21(31-24)16-7-5-4-6-8-16;1-2/h4-15H,3H2,1-2H3,(H,29,31)(H,30,32);1-2H3. The van der Waals surface area contributed by atoms with E-state index in [2.05, 4.69) is 27.2 Å². The molecule has 0 aliphatic carbocycles. The highest BCUT2D eigenvalue weighted by Crippen LogP contribution is 2.32. The van der Waals surface area contributed by atoms with Gasteiger partial charge in [-0.25, -0.2) is 4.98 Å². The third-order valence-corrected chi connectivity index (χ3v) is 6.11. The van der Waals surface area contributed by atoms with Crippen LogP contribution in [-0.4, -0.2) is 20.9 Å². The third kappa shape index (κ3) is 5.66. The van der Waals surface area contributed by atoms with Gasteiger partial charge in [0.25, 0.3) is 5.91 Å². The second-order valence-electron chi connectivity index (χ2n) is 7.53. The molecule has 5 nitrogen and oxygen atoms in total. The largest absolute Gasteiger partial charge is 0.338 e. The summed E-state index contributed by atoms with van der Waals surface area (Å²) in [6.07, 6.45) is 4.26. The van der Waals surface area contributed by atoms with Crippen LogP contribution in [0.15, 0.2) is 67.0 Å². The number of pyridine rings is 1. The average Bonchev–Trinajstić information content (AvgIpc) is 3.37. The lowest BCUT2D eigenvalue weighted by molar-refractivity contribution is 0.102. The Kier molecular flexibility index (Phi) is 8.85. The monoisotopic (exact) mass is 494 g/mol. The van der Waals surface area contributed by atoms with Crippen LogP contribution in [0.3, 0.4) is 0 Å². The Hall–Kier alpha value is -3.15. The molecule has 2 N–H and O–H groups in total. The molecule has 4 rings (SSSR count). The number of hydrogen-bond acceptors (Lipinski definition) is 3. The van der Waals surface area contributed by atoms with Gasteiger partial charge in [0.1, 0.15) is 5.82 Å². The molecule has 0 aliphatic rings. The fraction of sp³-hybridized carbons (Fsp3) is 0.222. The van der Waals surface area contributed by atoms with Crippen LogP contribution in [0.1, 0.15) is 56.1 Å². The van der Waals surface area contributed by atoms with Gasteiger partial charge in [-0.2, -0.15) is 0 Å². The molecule has 0 saturated heterocycles. The van der Waals surface area contributed by atoms with E-state index in [0.29, 0.717) is 32.7 Å². The number of anilines is 1. The SMILES string of the molecule is CC.CCC(C)c1nccc(C(=O)Nc2ccc(Cl)c(-c3ncc(-c4ccccc4)[nH]3)c2)c1Cl. The lowest BCUT2D eigenvalue weighted by Gasteiger charge is -2.13. The molecule has 0 saturated carbocycles. The zero-order valence-corrected chi connectivity index (χ0v) is 21.2. The van der Waals surface area contributed by atoms with E-state index in [0.717, 1.165) is 23.4 Å². The summed E-state index contributed by atoms with van der Waals surface area (Å²) in [4.78, 5) is 25.1. The Morgan fingerprint density at radius 1 is 1.06 bits per heavy atom. The third-order valence-electron chi connectivity index (χ3n) is 5.38. The van der Waals surface area contributed by atoms with Gasteiger partial charge < -0.3 is 10.3 Å². The number of halogens is 2. The van der Waals surface area contributed by atoms with Crippen molar-refractivity contribution in [2.75, 3.05) is 5.32 Å². The molecular formula is C27H28Cl2N4O. The van der Waals surface area contributed by atoms with Gasteiger partial charge >= 0.3 is 0 Å². The maximum atomic E-state index is 12.9. The number of imidazole rings is 1. The predicted octanol–water partition coefficient (Wildman–Crippen LogP) is 8.24. The smallest absolute Gasteiger partial charge is 0.257 e. The van der Waals surface area contributed by atoms with Crippen LogP contribution < -0.4 is 5.32 Å². The summed E-state index contributed by atoms with van der Waals surface area (Å²) in [5.41, 5.74) is 4.29. The van der Waals surface area contributed by atoms with E-state index in [1.165, 1.54) is 0 Å². The number of carbonyl (C=O) groups is 1. The van der Waals surface area contributed by atoms with Gasteiger partial charge in [0.2, 0.25) is 0 Å². The molecular weight excluding hydrogens is 467 g/mol. The van der Waals surface area contributed by atoms with Crippen molar-refractivity contribution in [2.45, 2.75) is 40.0 Å². The summed E-state index contributed by atoms with van der Waals surface area (Å²) in [5.74, 6) is 0.473. The number of nitrogens with one attached hydrogen (secondary N) is 2. The van der Waals surface area contributed by atoms with Crippen molar-refractivity contribution in [3.8, 4) is 22.6 Å². The lowest BCUT2D eigenvalue weighted by Crippen LogP contribution is -2.14. The van der Waals surface area contributed by atoms with Crippen LogP contribution in [0.25, 0.3) is 22.6 Å². The Balaban J connectivity index is 0.00000158. The number of aromatic amines is 1. The molecule has 2 aromatic heterocycles. The van der Waals surface area contributed by atoms with E-state index in [1.54, 1.807) is 36.7 Å². The highest BCUT2D eigenvalue weighted by Gasteiger charge is 2.18. The molecule has 1 unspecified atom stereocenters. The fourth-order valence-corrected chi connectivity index (χ4v) is 3.97. The number of aromatic nitrogens is 3. The number of amides is 1. The molecule has 2 aromatic carbocycles. The molecule has 4 aromatic rings. The first kappa shape index (κ1) is 25.5. The summed E-state index contributed by atoms with van der Waals surface area (Å²) >= 11 is 12.9. The molecule has 1 atom stereocenters. The number of carbonyl (C=O) groups excluding carboxylic acids is 1. The van der Waals surface area contributed by atoms with Crippen molar-refractivity contribution in [1.82, 2.24) is 15.0 Å². The van der Waals surface area contributed by atoms with Crippen LogP contribution in [0, 0.1) is 0 Å². The average molecular weight is 495 g/mol. The molecule has 7 heteroatoms. The quantitative estimate of drug-likeness (QED) is 0.283. The number of hydrogen-bond donors (Lipinski definition) is 2. The van der Waals surface area contributed by atoms with Gasteiger partial charge in [0.05, 0.1) is 33.2 Å². The first-order chi connectivity index (χ1) is 16.5. The Morgan fingerprint density at radius 3 is 2.50 bits per heavy atom. The molecule has 1 amide bonds. The number of nitrogens with zero attached hydrogens (tertiary/aromatic N) is 2. The van der Waals surface area contributed by atoms with Crippen molar-refractivity contribution in [1.29, 1.82) is 0 Å². The minimum atomic E-state index is -0.306. The molecule has 34 heavy (non-hydrogen) atoms. The lowest BCUT2D eigenvalue weighted by atomic mass is 10.0. The van der Waals surface area contributed by atoms with E-state index in [-0.39, 0.29) is 11.8 Å². The molecule has 0 spiro atoms. The molecule has 0 radical (unpaired) electrons. The molecule has 0 fully saturated rings. The fourth-order valence-electron chi connectivity index (χ4n) is 3.38. The van der Waals surface area contributed by atoms with E-state index in [4.69, 9.17) is 23.2 Å². The minimum Gasteiger partial charge on any atom is -0.338 e. The Labute approximate surface area is 210 Å². The van der Waals surface area contributed by atoms with Crippen LogP contribution in [0.5, 0.6) is 0 Å². The summed E-state index contributed by atoms with van der Waals surface area (Å²) in [5, 5.41) is 3.82. The number of benzene rings is 2. The molecule has 0 aliphatic heterocycles. The zero-order chi connectivity index (χ0) is 24.7. The van der Waals surface area contributed by atoms with E-state index >= 15 is 0 Å². The van der Waals surface area contributed by atoms with Crippen LogP contribution in [0.4, 0.5) is 5.69 Å². The predicted molar refractivity (Wildman–Crippen MR) is 142 cm³/mol. The summed E-state index contributed by atoms with van der Waals surface area (Å²) < 4.78 is 0.